The van der Waals surface area contributed by atoms with Crippen molar-refractivity contribution in [3.8, 4) is 5.75 Å². The van der Waals surface area contributed by atoms with Crippen molar-refractivity contribution >= 4 is 23.4 Å². The average molecular weight is 420 g/mol. The lowest BCUT2D eigenvalue weighted by molar-refractivity contribution is -0.722. The van der Waals surface area contributed by atoms with Crippen molar-refractivity contribution in [2.24, 2.45) is 0 Å². The second kappa shape index (κ2) is 9.83. The highest BCUT2D eigenvalue weighted by molar-refractivity contribution is 7.99. The van der Waals surface area contributed by atoms with E-state index in [1.54, 1.807) is 0 Å². The van der Waals surface area contributed by atoms with E-state index in [4.69, 9.17) is 4.74 Å². The lowest BCUT2D eigenvalue weighted by Gasteiger charge is -2.27. The van der Waals surface area contributed by atoms with E-state index >= 15 is 0 Å². The molecule has 0 radical (unpaired) electrons. The molecule has 4 nitrogen and oxygen atoms in total. The predicted octanol–water partition coefficient (Wildman–Crippen LogP) is 4.57. The molecule has 0 saturated heterocycles. The number of nitrogens with one attached hydrogen (secondary N) is 1. The van der Waals surface area contributed by atoms with Gasteiger partial charge in [-0.3, -0.25) is 4.79 Å². The number of carbonyl (C=O) groups is 1. The van der Waals surface area contributed by atoms with Crippen LogP contribution in [0, 0.1) is 0 Å². The van der Waals surface area contributed by atoms with Crippen LogP contribution in [0.4, 0.5) is 5.69 Å². The summed E-state index contributed by atoms with van der Waals surface area (Å²) in [5.41, 5.74) is 3.02. The minimum absolute atomic E-state index is 0.0379. The highest BCUT2D eigenvalue weighted by Gasteiger charge is 2.32. The van der Waals surface area contributed by atoms with Crippen LogP contribution in [0.15, 0.2) is 83.8 Å². The fourth-order valence-electron chi connectivity index (χ4n) is 3.87. The van der Waals surface area contributed by atoms with Crippen molar-refractivity contribution in [1.29, 1.82) is 0 Å². The first kappa shape index (κ1) is 20.5. The van der Waals surface area contributed by atoms with Crippen LogP contribution in [0.1, 0.15) is 36.6 Å². The topological polar surface area (TPSA) is 54.9 Å². The Morgan fingerprint density at radius 1 is 1.07 bits per heavy atom. The van der Waals surface area contributed by atoms with E-state index in [0.717, 1.165) is 17.7 Å². The maximum Gasteiger partial charge on any atom is 0.287 e. The molecule has 2 atom stereocenters. The summed E-state index contributed by atoms with van der Waals surface area (Å²) in [6.45, 7) is 2.50. The van der Waals surface area contributed by atoms with Gasteiger partial charge < -0.3 is 15.4 Å². The van der Waals surface area contributed by atoms with Crippen LogP contribution in [-0.4, -0.2) is 18.3 Å². The molecule has 0 aromatic heterocycles. The largest absolute Gasteiger partial charge is 0.492 e. The van der Waals surface area contributed by atoms with Crippen LogP contribution in [0.5, 0.6) is 5.75 Å². The molecule has 5 heteroatoms. The zero-order chi connectivity index (χ0) is 20.8. The maximum atomic E-state index is 13.5. The normalized spacial score (nSPS) is 16.4. The number of hydrogen-bond donors (Lipinski definition) is 2. The number of fused-ring (bicyclic) bond motifs is 1. The summed E-state index contributed by atoms with van der Waals surface area (Å²) < 4.78 is 5.69. The van der Waals surface area contributed by atoms with Gasteiger partial charge in [-0.2, -0.15) is 0 Å². The molecule has 3 aromatic rings. The van der Waals surface area contributed by atoms with Crippen molar-refractivity contribution in [2.75, 3.05) is 17.7 Å². The molecule has 3 aromatic carbocycles. The number of benzene rings is 3. The number of amides is 1. The predicted molar refractivity (Wildman–Crippen MR) is 122 cm³/mol. The van der Waals surface area contributed by atoms with Crippen molar-refractivity contribution in [1.82, 2.24) is 0 Å². The molecule has 3 N–H and O–H groups in total. The summed E-state index contributed by atoms with van der Waals surface area (Å²) in [6, 6.07) is 26.0. The van der Waals surface area contributed by atoms with E-state index in [2.05, 4.69) is 34.9 Å². The van der Waals surface area contributed by atoms with Crippen LogP contribution in [0.3, 0.4) is 0 Å². The molecular weight excluding hydrogens is 392 g/mol. The molecule has 0 unspecified atom stereocenters. The Hall–Kier alpha value is -2.76. The molecule has 30 heavy (non-hydrogen) atoms. The summed E-state index contributed by atoms with van der Waals surface area (Å²) in [6.07, 6.45) is 1.04. The van der Waals surface area contributed by atoms with Gasteiger partial charge in [0, 0.05) is 28.2 Å². The van der Waals surface area contributed by atoms with Gasteiger partial charge in [0.1, 0.15) is 11.8 Å². The summed E-state index contributed by atoms with van der Waals surface area (Å²) >= 11 is 1.90. The molecule has 0 fully saturated rings. The first-order valence-corrected chi connectivity index (χ1v) is 11.4. The Kier molecular flexibility index (Phi) is 6.72. The number of hydrogen-bond acceptors (Lipinski definition) is 3. The summed E-state index contributed by atoms with van der Waals surface area (Å²) in [5, 5.41) is 5.32. The van der Waals surface area contributed by atoms with Crippen LogP contribution in [0.2, 0.25) is 0 Å². The number of para-hydroxylation sites is 2. The van der Waals surface area contributed by atoms with E-state index in [9.17, 15) is 4.79 Å². The highest BCUT2D eigenvalue weighted by atomic mass is 32.2. The van der Waals surface area contributed by atoms with E-state index in [-0.39, 0.29) is 18.0 Å². The van der Waals surface area contributed by atoms with E-state index in [1.807, 2.05) is 73.3 Å². The molecule has 0 aliphatic carbocycles. The van der Waals surface area contributed by atoms with Crippen LogP contribution in [-0.2, 0) is 4.79 Å². The Morgan fingerprint density at radius 2 is 1.80 bits per heavy atom. The molecule has 0 spiro atoms. The van der Waals surface area contributed by atoms with Gasteiger partial charge in [-0.1, -0.05) is 60.7 Å². The van der Waals surface area contributed by atoms with Gasteiger partial charge in [-0.15, -0.1) is 11.8 Å². The van der Waals surface area contributed by atoms with Crippen molar-refractivity contribution < 1.29 is 14.8 Å². The average Bonchev–Trinajstić information content (AvgIpc) is 2.79. The zero-order valence-corrected chi connectivity index (χ0v) is 17.9. The molecule has 0 bridgehead atoms. The lowest BCUT2D eigenvalue weighted by atomic mass is 9.99. The third kappa shape index (κ3) is 4.69. The van der Waals surface area contributed by atoms with E-state index in [0.29, 0.717) is 18.0 Å². The van der Waals surface area contributed by atoms with Gasteiger partial charge in [0.2, 0.25) is 0 Å². The number of rotatable bonds is 7. The molecule has 0 saturated carbocycles. The first-order chi connectivity index (χ1) is 14.8. The monoisotopic (exact) mass is 419 g/mol. The van der Waals surface area contributed by atoms with Gasteiger partial charge >= 0.3 is 0 Å². The van der Waals surface area contributed by atoms with Crippen LogP contribution in [0.25, 0.3) is 0 Å². The summed E-state index contributed by atoms with van der Waals surface area (Å²) in [4.78, 5) is 14.8. The van der Waals surface area contributed by atoms with Gasteiger partial charge in [0.15, 0.2) is 6.04 Å². The lowest BCUT2D eigenvalue weighted by Crippen LogP contribution is -2.88. The molecule has 1 heterocycles. The standard InChI is InChI=1S/C25H26N2O2S/c1-2-29-22-14-8-7-13-21(22)27-25(28)24(18-10-4-3-5-11-18)26-20-16-17-30-23-15-9-6-12-19(20)23/h3-15,20,24,26H,2,16-17H2,1H3,(H,27,28)/p+1/t20-,24+/m0/s1. The zero-order valence-electron chi connectivity index (χ0n) is 17.1. The molecule has 1 aliphatic heterocycles. The number of carbonyl (C=O) groups excluding carboxylic acids is 1. The second-order valence-corrected chi connectivity index (χ2v) is 8.42. The summed E-state index contributed by atoms with van der Waals surface area (Å²) in [7, 11) is 0. The summed E-state index contributed by atoms with van der Waals surface area (Å²) in [5.74, 6) is 1.72. The Balaban J connectivity index is 1.61. The molecule has 1 amide bonds. The molecular formula is C25H27N2O2S+. The Labute approximate surface area is 182 Å². The number of thioether (sulfide) groups is 1. The Bertz CT molecular complexity index is 993. The first-order valence-electron chi connectivity index (χ1n) is 10.4. The van der Waals surface area contributed by atoms with Gasteiger partial charge in [0.05, 0.1) is 12.3 Å². The third-order valence-corrected chi connectivity index (χ3v) is 6.44. The molecule has 4 rings (SSSR count). The number of anilines is 1. The third-order valence-electron chi connectivity index (χ3n) is 5.32. The molecule has 1 aliphatic rings. The smallest absolute Gasteiger partial charge is 0.287 e. The van der Waals surface area contributed by atoms with Crippen LogP contribution < -0.4 is 15.4 Å². The van der Waals surface area contributed by atoms with E-state index < -0.39 is 0 Å². The SMILES string of the molecule is CCOc1ccccc1NC(=O)[C@H]([NH2+][C@H]1CCSc2ccccc21)c1ccccc1. The highest BCUT2D eigenvalue weighted by Crippen LogP contribution is 2.34. The molecule has 154 valence electrons. The Morgan fingerprint density at radius 3 is 2.63 bits per heavy atom. The van der Waals surface area contributed by atoms with Gasteiger partial charge in [-0.25, -0.2) is 0 Å². The quantitative estimate of drug-likeness (QED) is 0.590. The van der Waals surface area contributed by atoms with Crippen molar-refractivity contribution in [3.05, 3.63) is 90.0 Å². The fraction of sp³-hybridized carbons (Fsp3) is 0.240. The minimum Gasteiger partial charge on any atom is -0.492 e. The van der Waals surface area contributed by atoms with Crippen molar-refractivity contribution in [3.63, 3.8) is 0 Å². The number of nitrogens with two attached hydrogens (primary N) is 1. The number of quaternary nitrogens is 1. The second-order valence-electron chi connectivity index (χ2n) is 7.28. The maximum absolute atomic E-state index is 13.5. The van der Waals surface area contributed by atoms with Gasteiger partial charge in [0.25, 0.3) is 5.91 Å². The fourth-order valence-corrected chi connectivity index (χ4v) is 5.03. The van der Waals surface area contributed by atoms with Crippen LogP contribution >= 0.6 is 11.8 Å². The van der Waals surface area contributed by atoms with E-state index in [1.165, 1.54) is 10.5 Å². The van der Waals surface area contributed by atoms with Crippen molar-refractivity contribution in [2.45, 2.75) is 30.3 Å². The number of ether oxygens (including phenoxy) is 1. The van der Waals surface area contributed by atoms with Gasteiger partial charge in [-0.05, 0) is 25.1 Å². The minimum atomic E-state index is -0.345.